The molecule has 0 atom stereocenters. The molecule has 0 unspecified atom stereocenters. The summed E-state index contributed by atoms with van der Waals surface area (Å²) in [6, 6.07) is 17.9. The lowest BCUT2D eigenvalue weighted by atomic mass is 10.0. The first-order valence-corrected chi connectivity index (χ1v) is 8.90. The minimum atomic E-state index is -0.0429. The molecule has 2 nitrogen and oxygen atoms in total. The van der Waals surface area contributed by atoms with Gasteiger partial charge in [0, 0.05) is 15.7 Å². The molecule has 110 valence electrons. The summed E-state index contributed by atoms with van der Waals surface area (Å²) in [6.07, 6.45) is 0. The van der Waals surface area contributed by atoms with Gasteiger partial charge in [0.05, 0.1) is 0 Å². The third kappa shape index (κ3) is 3.56. The van der Waals surface area contributed by atoms with Gasteiger partial charge < -0.3 is 5.32 Å². The Morgan fingerprint density at radius 3 is 2.73 bits per heavy atom. The van der Waals surface area contributed by atoms with Crippen molar-refractivity contribution in [3.8, 4) is 11.1 Å². The van der Waals surface area contributed by atoms with Crippen LogP contribution in [0.3, 0.4) is 0 Å². The van der Waals surface area contributed by atoms with Gasteiger partial charge in [-0.2, -0.15) is 11.3 Å². The third-order valence-electron chi connectivity index (χ3n) is 3.38. The first kappa shape index (κ1) is 15.2. The first-order chi connectivity index (χ1) is 10.7. The molecule has 0 aliphatic rings. The highest BCUT2D eigenvalue weighted by atomic mass is 127. The van der Waals surface area contributed by atoms with E-state index in [2.05, 4.69) is 56.9 Å². The quantitative estimate of drug-likeness (QED) is 0.596. The van der Waals surface area contributed by atoms with E-state index in [-0.39, 0.29) is 5.91 Å². The Kier molecular flexibility index (Phi) is 4.90. The summed E-state index contributed by atoms with van der Waals surface area (Å²) in [5, 5.41) is 7.20. The maximum absolute atomic E-state index is 12.3. The maximum atomic E-state index is 12.3. The predicted octanol–water partition coefficient (Wildman–Crippen LogP) is 4.95. The molecule has 0 aliphatic carbocycles. The summed E-state index contributed by atoms with van der Waals surface area (Å²) in [7, 11) is 0. The number of hydrogen-bond acceptors (Lipinski definition) is 2. The van der Waals surface area contributed by atoms with Crippen molar-refractivity contribution in [3.63, 3.8) is 0 Å². The van der Waals surface area contributed by atoms with Crippen LogP contribution in [0.15, 0.2) is 65.4 Å². The number of nitrogens with one attached hydrogen (secondary N) is 1. The SMILES string of the molecule is O=C(NCc1ccccc1-c1ccsc1)c1cccc(I)c1. The van der Waals surface area contributed by atoms with Gasteiger partial charge in [-0.15, -0.1) is 0 Å². The topological polar surface area (TPSA) is 29.1 Å². The Hall–Kier alpha value is -1.66. The molecule has 22 heavy (non-hydrogen) atoms. The highest BCUT2D eigenvalue weighted by Gasteiger charge is 2.08. The van der Waals surface area contributed by atoms with Crippen molar-refractivity contribution in [1.82, 2.24) is 5.32 Å². The molecule has 1 N–H and O–H groups in total. The van der Waals surface area contributed by atoms with Gasteiger partial charge in [-0.1, -0.05) is 30.3 Å². The number of carbonyl (C=O) groups is 1. The van der Waals surface area contributed by atoms with E-state index < -0.39 is 0 Å². The smallest absolute Gasteiger partial charge is 0.251 e. The van der Waals surface area contributed by atoms with Crippen molar-refractivity contribution >= 4 is 39.8 Å². The Bertz CT molecular complexity index is 783. The fourth-order valence-corrected chi connectivity index (χ4v) is 3.48. The van der Waals surface area contributed by atoms with Gasteiger partial charge in [0.25, 0.3) is 5.91 Å². The van der Waals surface area contributed by atoms with Crippen LogP contribution in [0.1, 0.15) is 15.9 Å². The highest BCUT2D eigenvalue weighted by molar-refractivity contribution is 14.1. The Labute approximate surface area is 147 Å². The van der Waals surface area contributed by atoms with E-state index in [1.54, 1.807) is 11.3 Å². The molecule has 0 aliphatic heterocycles. The van der Waals surface area contributed by atoms with Crippen LogP contribution < -0.4 is 5.32 Å². The molecular weight excluding hydrogens is 405 g/mol. The summed E-state index contributed by atoms with van der Waals surface area (Å²) < 4.78 is 1.06. The molecule has 3 aromatic rings. The van der Waals surface area contributed by atoms with Gasteiger partial charge in [-0.05, 0) is 74.3 Å². The monoisotopic (exact) mass is 419 g/mol. The minimum absolute atomic E-state index is 0.0429. The first-order valence-electron chi connectivity index (χ1n) is 6.88. The summed E-state index contributed by atoms with van der Waals surface area (Å²) in [6.45, 7) is 0.524. The molecule has 1 amide bonds. The molecule has 3 rings (SSSR count). The fraction of sp³-hybridized carbons (Fsp3) is 0.0556. The summed E-state index contributed by atoms with van der Waals surface area (Å²) >= 11 is 3.89. The van der Waals surface area contributed by atoms with E-state index in [1.807, 2.05) is 36.4 Å². The van der Waals surface area contributed by atoms with Gasteiger partial charge in [-0.25, -0.2) is 0 Å². The Balaban J connectivity index is 1.76. The van der Waals surface area contributed by atoms with Crippen LogP contribution in [0.2, 0.25) is 0 Å². The molecule has 0 saturated carbocycles. The largest absolute Gasteiger partial charge is 0.348 e. The molecule has 0 saturated heterocycles. The van der Waals surface area contributed by atoms with Crippen molar-refractivity contribution in [2.75, 3.05) is 0 Å². The Morgan fingerprint density at radius 1 is 1.09 bits per heavy atom. The van der Waals surface area contributed by atoms with Crippen LogP contribution in [0.5, 0.6) is 0 Å². The van der Waals surface area contributed by atoms with Crippen molar-refractivity contribution in [3.05, 3.63) is 80.1 Å². The molecule has 1 heterocycles. The minimum Gasteiger partial charge on any atom is -0.348 e. The van der Waals surface area contributed by atoms with Crippen molar-refractivity contribution < 1.29 is 4.79 Å². The number of carbonyl (C=O) groups excluding carboxylic acids is 1. The normalized spacial score (nSPS) is 10.4. The molecule has 0 bridgehead atoms. The lowest BCUT2D eigenvalue weighted by molar-refractivity contribution is 0.0951. The lowest BCUT2D eigenvalue weighted by Crippen LogP contribution is -2.23. The van der Waals surface area contributed by atoms with Crippen LogP contribution in [-0.4, -0.2) is 5.91 Å². The van der Waals surface area contributed by atoms with Crippen LogP contribution in [0.25, 0.3) is 11.1 Å². The number of hydrogen-bond donors (Lipinski definition) is 1. The van der Waals surface area contributed by atoms with Crippen LogP contribution in [-0.2, 0) is 6.54 Å². The summed E-state index contributed by atoms with van der Waals surface area (Å²) in [5.41, 5.74) is 4.19. The average Bonchev–Trinajstić information content (AvgIpc) is 3.07. The van der Waals surface area contributed by atoms with Gasteiger partial charge in [-0.3, -0.25) is 4.79 Å². The number of amides is 1. The van der Waals surface area contributed by atoms with E-state index in [0.717, 1.165) is 9.13 Å². The second-order valence-electron chi connectivity index (χ2n) is 4.86. The zero-order valence-electron chi connectivity index (χ0n) is 11.8. The van der Waals surface area contributed by atoms with E-state index in [1.165, 1.54) is 11.1 Å². The molecule has 0 fully saturated rings. The second-order valence-corrected chi connectivity index (χ2v) is 6.89. The molecular formula is C18H14INOS. The lowest BCUT2D eigenvalue weighted by Gasteiger charge is -2.10. The predicted molar refractivity (Wildman–Crippen MR) is 100 cm³/mol. The van der Waals surface area contributed by atoms with Crippen LogP contribution in [0, 0.1) is 3.57 Å². The second kappa shape index (κ2) is 7.07. The van der Waals surface area contributed by atoms with E-state index in [4.69, 9.17) is 0 Å². The zero-order chi connectivity index (χ0) is 15.4. The summed E-state index contributed by atoms with van der Waals surface area (Å²) in [4.78, 5) is 12.3. The van der Waals surface area contributed by atoms with Crippen LogP contribution in [0.4, 0.5) is 0 Å². The van der Waals surface area contributed by atoms with E-state index in [9.17, 15) is 4.79 Å². The average molecular weight is 419 g/mol. The fourth-order valence-electron chi connectivity index (χ4n) is 2.28. The standard InChI is InChI=1S/C18H14INOS/c19-16-6-3-5-13(10-16)18(21)20-11-14-4-1-2-7-17(14)15-8-9-22-12-15/h1-10,12H,11H2,(H,20,21). The number of rotatable bonds is 4. The van der Waals surface area contributed by atoms with Crippen molar-refractivity contribution in [2.24, 2.45) is 0 Å². The zero-order valence-corrected chi connectivity index (χ0v) is 14.7. The van der Waals surface area contributed by atoms with Gasteiger partial charge in [0.1, 0.15) is 0 Å². The van der Waals surface area contributed by atoms with Gasteiger partial charge >= 0.3 is 0 Å². The molecule has 1 aromatic heterocycles. The summed E-state index contributed by atoms with van der Waals surface area (Å²) in [5.74, 6) is -0.0429. The van der Waals surface area contributed by atoms with E-state index in [0.29, 0.717) is 12.1 Å². The van der Waals surface area contributed by atoms with Crippen molar-refractivity contribution in [1.29, 1.82) is 0 Å². The Morgan fingerprint density at radius 2 is 1.95 bits per heavy atom. The van der Waals surface area contributed by atoms with Crippen LogP contribution >= 0.6 is 33.9 Å². The number of benzene rings is 2. The number of halogens is 1. The molecule has 0 radical (unpaired) electrons. The molecule has 0 spiro atoms. The molecule has 4 heteroatoms. The van der Waals surface area contributed by atoms with Gasteiger partial charge in [0.2, 0.25) is 0 Å². The van der Waals surface area contributed by atoms with E-state index >= 15 is 0 Å². The number of thiophene rings is 1. The third-order valence-corrected chi connectivity index (χ3v) is 4.73. The molecule has 2 aromatic carbocycles. The highest BCUT2D eigenvalue weighted by Crippen LogP contribution is 2.25. The van der Waals surface area contributed by atoms with Crippen molar-refractivity contribution in [2.45, 2.75) is 6.54 Å². The van der Waals surface area contributed by atoms with Gasteiger partial charge in [0.15, 0.2) is 0 Å². The maximum Gasteiger partial charge on any atom is 0.251 e.